The number of nitrogens with one attached hydrogen (secondary N) is 1. The van der Waals surface area contributed by atoms with Crippen molar-refractivity contribution in [2.45, 2.75) is 31.4 Å². The van der Waals surface area contributed by atoms with Gasteiger partial charge in [-0.25, -0.2) is 13.6 Å². The molecule has 1 amide bonds. The van der Waals surface area contributed by atoms with Crippen LogP contribution in [0.2, 0.25) is 0 Å². The number of hydrogen-bond acceptors (Lipinski definition) is 5. The molecule has 1 heterocycles. The molecule has 120 valence electrons. The van der Waals surface area contributed by atoms with Crippen molar-refractivity contribution in [3.8, 4) is 0 Å². The van der Waals surface area contributed by atoms with E-state index in [9.17, 15) is 13.2 Å². The molecule has 0 radical (unpaired) electrons. The lowest BCUT2D eigenvalue weighted by Gasteiger charge is -2.08. The van der Waals surface area contributed by atoms with Gasteiger partial charge in [-0.3, -0.25) is 4.79 Å². The fraction of sp³-hybridized carbons (Fsp3) is 0.615. The molecule has 0 aromatic carbocycles. The predicted molar refractivity (Wildman–Crippen MR) is 83.0 cm³/mol. The minimum Gasteiger partial charge on any atom is -0.380 e. The fourth-order valence-electron chi connectivity index (χ4n) is 1.66. The van der Waals surface area contributed by atoms with Gasteiger partial charge < -0.3 is 10.1 Å². The van der Waals surface area contributed by atoms with Crippen molar-refractivity contribution in [2.75, 3.05) is 19.8 Å². The Labute approximate surface area is 129 Å². The lowest BCUT2D eigenvalue weighted by molar-refractivity contribution is 0.0905. The number of sulfonamides is 1. The second-order valence-corrected chi connectivity index (χ2v) is 7.79. The molecular weight excluding hydrogens is 312 g/mol. The molecule has 0 aliphatic rings. The molecule has 6 nitrogen and oxygen atoms in total. The highest BCUT2D eigenvalue weighted by molar-refractivity contribution is 7.91. The van der Waals surface area contributed by atoms with E-state index in [2.05, 4.69) is 19.2 Å². The van der Waals surface area contributed by atoms with Crippen molar-refractivity contribution in [1.29, 1.82) is 0 Å². The van der Waals surface area contributed by atoms with Gasteiger partial charge in [-0.05, 0) is 24.8 Å². The number of amides is 1. The van der Waals surface area contributed by atoms with Crippen molar-refractivity contribution in [3.05, 3.63) is 16.5 Å². The summed E-state index contributed by atoms with van der Waals surface area (Å²) in [5.41, 5.74) is 0.729. The van der Waals surface area contributed by atoms with Gasteiger partial charge in [0.1, 0.15) is 4.21 Å². The van der Waals surface area contributed by atoms with Crippen LogP contribution in [0.5, 0.6) is 0 Å². The van der Waals surface area contributed by atoms with Crippen LogP contribution in [0.25, 0.3) is 0 Å². The maximum atomic E-state index is 12.0. The Morgan fingerprint density at radius 2 is 2.10 bits per heavy atom. The summed E-state index contributed by atoms with van der Waals surface area (Å²) in [5, 5.41) is 9.29. The summed E-state index contributed by atoms with van der Waals surface area (Å²) in [6.45, 7) is 7.30. The van der Waals surface area contributed by atoms with Gasteiger partial charge in [0.2, 0.25) is 10.0 Å². The van der Waals surface area contributed by atoms with Gasteiger partial charge in [-0.2, -0.15) is 0 Å². The van der Waals surface area contributed by atoms with Crippen molar-refractivity contribution >= 4 is 27.3 Å². The quantitative estimate of drug-likeness (QED) is 0.704. The Balaban J connectivity index is 2.45. The molecule has 0 saturated heterocycles. The Hall–Kier alpha value is -0.960. The lowest BCUT2D eigenvalue weighted by atomic mass is 10.1. The molecular formula is C13H22N2O4S2. The van der Waals surface area contributed by atoms with E-state index in [0.29, 0.717) is 36.8 Å². The molecule has 1 aromatic rings. The average Bonchev–Trinajstić information content (AvgIpc) is 2.74. The third kappa shape index (κ3) is 5.74. The smallest absolute Gasteiger partial charge is 0.252 e. The van der Waals surface area contributed by atoms with Gasteiger partial charge in [0, 0.05) is 18.5 Å². The SMILES string of the molecule is Cc1c(C(=O)NCCOCCC(C)C)csc1S(N)(=O)=O. The molecule has 0 aliphatic heterocycles. The van der Waals surface area contributed by atoms with Crippen molar-refractivity contribution < 1.29 is 17.9 Å². The summed E-state index contributed by atoms with van der Waals surface area (Å²) >= 11 is 0.957. The monoisotopic (exact) mass is 334 g/mol. The van der Waals surface area contributed by atoms with E-state index in [4.69, 9.17) is 9.88 Å². The van der Waals surface area contributed by atoms with Crippen LogP contribution in [-0.4, -0.2) is 34.1 Å². The molecule has 0 fully saturated rings. The first-order valence-corrected chi connectivity index (χ1v) is 9.13. The van der Waals surface area contributed by atoms with E-state index in [1.807, 2.05) is 0 Å². The summed E-state index contributed by atoms with van der Waals surface area (Å²) in [4.78, 5) is 12.0. The van der Waals surface area contributed by atoms with Gasteiger partial charge in [-0.1, -0.05) is 13.8 Å². The van der Waals surface area contributed by atoms with Gasteiger partial charge in [0.05, 0.1) is 12.2 Å². The van der Waals surface area contributed by atoms with E-state index in [0.717, 1.165) is 17.8 Å². The first kappa shape index (κ1) is 18.1. The zero-order chi connectivity index (χ0) is 16.0. The second-order valence-electron chi connectivity index (χ2n) is 5.16. The third-order valence-electron chi connectivity index (χ3n) is 2.87. The topological polar surface area (TPSA) is 98.5 Å². The number of ether oxygens (including phenoxy) is 1. The van der Waals surface area contributed by atoms with Crippen molar-refractivity contribution in [1.82, 2.24) is 5.32 Å². The Morgan fingerprint density at radius 3 is 2.62 bits per heavy atom. The standard InChI is InChI=1S/C13H22N2O4S2/c1-9(2)4-6-19-7-5-15-12(16)11-8-20-13(10(11)3)21(14,17)18/h8-9H,4-7H2,1-3H3,(H,15,16)(H2,14,17,18). The number of carbonyl (C=O) groups is 1. The van der Waals surface area contributed by atoms with Crippen LogP contribution in [-0.2, 0) is 14.8 Å². The number of nitrogens with two attached hydrogens (primary N) is 1. The van der Waals surface area contributed by atoms with Crippen molar-refractivity contribution in [2.24, 2.45) is 11.1 Å². The molecule has 0 unspecified atom stereocenters. The van der Waals surface area contributed by atoms with Crippen LogP contribution in [0.3, 0.4) is 0 Å². The molecule has 0 bridgehead atoms. The highest BCUT2D eigenvalue weighted by atomic mass is 32.2. The summed E-state index contributed by atoms with van der Waals surface area (Å²) in [7, 11) is -3.77. The fourth-order valence-corrected chi connectivity index (χ4v) is 3.67. The number of hydrogen-bond donors (Lipinski definition) is 2. The van der Waals surface area contributed by atoms with Crippen LogP contribution in [0.4, 0.5) is 0 Å². The number of rotatable bonds is 8. The average molecular weight is 334 g/mol. The summed E-state index contributed by atoms with van der Waals surface area (Å²) in [5.74, 6) is 0.274. The Bertz CT molecular complexity index is 579. The summed E-state index contributed by atoms with van der Waals surface area (Å²) in [6, 6.07) is 0. The molecule has 8 heteroatoms. The largest absolute Gasteiger partial charge is 0.380 e. The lowest BCUT2D eigenvalue weighted by Crippen LogP contribution is -2.27. The molecule has 0 atom stereocenters. The molecule has 0 spiro atoms. The van der Waals surface area contributed by atoms with Gasteiger partial charge >= 0.3 is 0 Å². The van der Waals surface area contributed by atoms with E-state index in [-0.39, 0.29) is 10.1 Å². The van der Waals surface area contributed by atoms with E-state index in [1.54, 1.807) is 6.92 Å². The Morgan fingerprint density at radius 1 is 1.43 bits per heavy atom. The molecule has 1 rings (SSSR count). The molecule has 1 aromatic heterocycles. The summed E-state index contributed by atoms with van der Waals surface area (Å²) < 4.78 is 28.0. The third-order valence-corrected chi connectivity index (χ3v) is 5.55. The normalized spacial score (nSPS) is 11.9. The minimum atomic E-state index is -3.77. The van der Waals surface area contributed by atoms with Crippen LogP contribution < -0.4 is 10.5 Å². The molecule has 0 saturated carbocycles. The van der Waals surface area contributed by atoms with Crippen LogP contribution >= 0.6 is 11.3 Å². The highest BCUT2D eigenvalue weighted by Gasteiger charge is 2.20. The van der Waals surface area contributed by atoms with Gasteiger partial charge in [-0.15, -0.1) is 11.3 Å². The van der Waals surface area contributed by atoms with Crippen LogP contribution in [0.1, 0.15) is 36.2 Å². The predicted octanol–water partition coefficient (Wildman–Crippen LogP) is 1.50. The maximum absolute atomic E-state index is 12.0. The molecule has 21 heavy (non-hydrogen) atoms. The number of primary sulfonamides is 1. The summed E-state index contributed by atoms with van der Waals surface area (Å²) in [6.07, 6.45) is 0.981. The Kier molecular flexibility index (Phi) is 6.79. The zero-order valence-corrected chi connectivity index (χ0v) is 14.1. The minimum absolute atomic E-state index is 0.0285. The highest BCUT2D eigenvalue weighted by Crippen LogP contribution is 2.25. The van der Waals surface area contributed by atoms with Crippen LogP contribution in [0.15, 0.2) is 9.59 Å². The van der Waals surface area contributed by atoms with Crippen LogP contribution in [0, 0.1) is 12.8 Å². The first-order valence-electron chi connectivity index (χ1n) is 6.70. The maximum Gasteiger partial charge on any atom is 0.252 e. The van der Waals surface area contributed by atoms with Gasteiger partial charge in [0.15, 0.2) is 0 Å². The first-order chi connectivity index (χ1) is 9.73. The van der Waals surface area contributed by atoms with Crippen molar-refractivity contribution in [3.63, 3.8) is 0 Å². The molecule has 3 N–H and O–H groups in total. The number of thiophene rings is 1. The van der Waals surface area contributed by atoms with E-state index in [1.165, 1.54) is 5.38 Å². The number of carbonyl (C=O) groups excluding carboxylic acids is 1. The van der Waals surface area contributed by atoms with E-state index < -0.39 is 10.0 Å². The molecule has 0 aliphatic carbocycles. The van der Waals surface area contributed by atoms with E-state index >= 15 is 0 Å². The second kappa shape index (κ2) is 7.88. The van der Waals surface area contributed by atoms with Gasteiger partial charge in [0.25, 0.3) is 5.91 Å². The zero-order valence-electron chi connectivity index (χ0n) is 12.5.